The first-order valence-corrected chi connectivity index (χ1v) is 12.3. The molecule has 0 unspecified atom stereocenters. The van der Waals surface area contributed by atoms with Crippen LogP contribution in [-0.4, -0.2) is 21.8 Å². The van der Waals surface area contributed by atoms with Crippen molar-refractivity contribution in [3.05, 3.63) is 81.0 Å². The second kappa shape index (κ2) is 9.18. The number of fused-ring (bicyclic) bond motifs is 2. The number of nitrogens with zero attached hydrogens (tertiary/aromatic N) is 1. The number of carbonyl (C=O) groups is 2. The van der Waals surface area contributed by atoms with E-state index >= 15 is 0 Å². The second-order valence-electron chi connectivity index (χ2n) is 7.72. The van der Waals surface area contributed by atoms with E-state index in [9.17, 15) is 9.59 Å². The highest BCUT2D eigenvalue weighted by molar-refractivity contribution is 7.98. The van der Waals surface area contributed by atoms with Crippen LogP contribution in [0, 0.1) is 0 Å². The number of hydrogen-bond acceptors (Lipinski definition) is 5. The maximum absolute atomic E-state index is 12.4. The third kappa shape index (κ3) is 4.56. The van der Waals surface area contributed by atoms with Crippen LogP contribution < -0.4 is 10.9 Å². The topological polar surface area (TPSA) is 86.9 Å². The van der Waals surface area contributed by atoms with Gasteiger partial charge in [-0.25, -0.2) is 4.98 Å². The van der Waals surface area contributed by atoms with Gasteiger partial charge in [-0.05, 0) is 67.1 Å². The summed E-state index contributed by atoms with van der Waals surface area (Å²) in [4.78, 5) is 34.6. The minimum Gasteiger partial charge on any atom is -0.333 e. The minimum absolute atomic E-state index is 0.267. The van der Waals surface area contributed by atoms with E-state index < -0.39 is 0 Å². The predicted molar refractivity (Wildman–Crippen MR) is 128 cm³/mol. The van der Waals surface area contributed by atoms with E-state index in [0.717, 1.165) is 40.3 Å². The number of hydrazine groups is 1. The van der Waals surface area contributed by atoms with Gasteiger partial charge in [0.2, 0.25) is 0 Å². The zero-order valence-electron chi connectivity index (χ0n) is 17.3. The number of aromatic nitrogens is 2. The highest BCUT2D eigenvalue weighted by Gasteiger charge is 2.17. The maximum Gasteiger partial charge on any atom is 0.279 e. The van der Waals surface area contributed by atoms with Crippen molar-refractivity contribution >= 4 is 45.9 Å². The number of benzene rings is 2. The summed E-state index contributed by atoms with van der Waals surface area (Å²) >= 11 is 3.14. The van der Waals surface area contributed by atoms with E-state index in [4.69, 9.17) is 0 Å². The zero-order chi connectivity index (χ0) is 21.9. The average molecular weight is 463 g/mol. The molecular formula is C24H22N4O2S2. The molecule has 1 aliphatic rings. The van der Waals surface area contributed by atoms with Crippen LogP contribution in [0.25, 0.3) is 11.0 Å². The van der Waals surface area contributed by atoms with E-state index in [2.05, 4.69) is 20.8 Å². The van der Waals surface area contributed by atoms with Gasteiger partial charge in [0, 0.05) is 16.2 Å². The van der Waals surface area contributed by atoms with E-state index in [1.165, 1.54) is 34.6 Å². The smallest absolute Gasteiger partial charge is 0.279 e. The fraction of sp³-hybridized carbons (Fsp3) is 0.208. The van der Waals surface area contributed by atoms with Gasteiger partial charge in [0.15, 0.2) is 5.16 Å². The van der Waals surface area contributed by atoms with Gasteiger partial charge in [-0.3, -0.25) is 20.4 Å². The lowest BCUT2D eigenvalue weighted by Crippen LogP contribution is -2.41. The molecule has 5 rings (SSSR count). The van der Waals surface area contributed by atoms with Crippen molar-refractivity contribution in [2.45, 2.75) is 36.6 Å². The number of amides is 2. The van der Waals surface area contributed by atoms with Crippen LogP contribution in [0.1, 0.15) is 48.9 Å². The van der Waals surface area contributed by atoms with Crippen molar-refractivity contribution in [2.75, 3.05) is 0 Å². The Kier molecular flexibility index (Phi) is 5.96. The SMILES string of the molecule is O=C(NNC(=O)c1cc2c(s1)CCCC2)c1ccc(CSc2nc3ccccc3[nH]2)cc1. The van der Waals surface area contributed by atoms with Crippen molar-refractivity contribution in [2.24, 2.45) is 0 Å². The van der Waals surface area contributed by atoms with Crippen molar-refractivity contribution in [3.63, 3.8) is 0 Å². The number of imidazole rings is 1. The molecule has 2 aromatic heterocycles. The second-order valence-corrected chi connectivity index (χ2v) is 9.82. The highest BCUT2D eigenvalue weighted by Crippen LogP contribution is 2.29. The Morgan fingerprint density at radius 3 is 2.59 bits per heavy atom. The van der Waals surface area contributed by atoms with Gasteiger partial charge in [-0.2, -0.15) is 0 Å². The number of nitrogens with one attached hydrogen (secondary N) is 3. The van der Waals surface area contributed by atoms with Gasteiger partial charge in [0.05, 0.1) is 15.9 Å². The Labute approximate surface area is 193 Å². The Bertz CT molecular complexity index is 1220. The largest absolute Gasteiger partial charge is 0.333 e. The lowest BCUT2D eigenvalue weighted by atomic mass is 9.99. The van der Waals surface area contributed by atoms with E-state index in [-0.39, 0.29) is 11.8 Å². The summed E-state index contributed by atoms with van der Waals surface area (Å²) in [5, 5.41) is 0.867. The molecule has 2 aromatic carbocycles. The molecule has 0 saturated heterocycles. The summed E-state index contributed by atoms with van der Waals surface area (Å²) in [7, 11) is 0. The molecule has 0 bridgehead atoms. The number of para-hydroxylation sites is 2. The predicted octanol–water partition coefficient (Wildman–Crippen LogP) is 4.87. The molecule has 4 aromatic rings. The number of thioether (sulfide) groups is 1. The van der Waals surface area contributed by atoms with Crippen molar-refractivity contribution in [3.8, 4) is 0 Å². The summed E-state index contributed by atoms with van der Waals surface area (Å²) in [6, 6.07) is 17.3. The molecule has 0 saturated carbocycles. The summed E-state index contributed by atoms with van der Waals surface area (Å²) in [6.07, 6.45) is 4.43. The van der Waals surface area contributed by atoms with Crippen LogP contribution in [-0.2, 0) is 18.6 Å². The van der Waals surface area contributed by atoms with Gasteiger partial charge in [0.1, 0.15) is 0 Å². The number of aryl methyl sites for hydroxylation is 2. The number of carbonyl (C=O) groups excluding carboxylic acids is 2. The fourth-order valence-electron chi connectivity index (χ4n) is 3.75. The summed E-state index contributed by atoms with van der Waals surface area (Å²) < 4.78 is 0. The van der Waals surface area contributed by atoms with Crippen LogP contribution in [0.2, 0.25) is 0 Å². The summed E-state index contributed by atoms with van der Waals surface area (Å²) in [5.74, 6) is 0.134. The molecule has 0 fully saturated rings. The van der Waals surface area contributed by atoms with Crippen LogP contribution in [0.3, 0.4) is 0 Å². The fourth-order valence-corrected chi connectivity index (χ4v) is 5.74. The molecule has 1 aliphatic carbocycles. The maximum atomic E-state index is 12.4. The zero-order valence-corrected chi connectivity index (χ0v) is 18.9. The molecule has 2 heterocycles. The minimum atomic E-state index is -0.337. The van der Waals surface area contributed by atoms with E-state index in [1.54, 1.807) is 23.9 Å². The quantitative estimate of drug-likeness (QED) is 0.292. The van der Waals surface area contributed by atoms with Crippen molar-refractivity contribution in [1.82, 2.24) is 20.8 Å². The van der Waals surface area contributed by atoms with Crippen LogP contribution >= 0.6 is 23.1 Å². The molecule has 8 heteroatoms. The molecule has 0 atom stereocenters. The first-order valence-electron chi connectivity index (χ1n) is 10.5. The third-order valence-electron chi connectivity index (χ3n) is 5.47. The van der Waals surface area contributed by atoms with Crippen LogP contribution in [0.4, 0.5) is 0 Å². The first-order chi connectivity index (χ1) is 15.7. The van der Waals surface area contributed by atoms with Gasteiger partial charge < -0.3 is 4.98 Å². The molecule has 32 heavy (non-hydrogen) atoms. The third-order valence-corrected chi connectivity index (χ3v) is 7.65. The summed E-state index contributed by atoms with van der Waals surface area (Å²) in [6.45, 7) is 0. The Hall–Kier alpha value is -3.10. The van der Waals surface area contributed by atoms with Gasteiger partial charge in [-0.1, -0.05) is 36.0 Å². The van der Waals surface area contributed by atoms with Crippen molar-refractivity contribution < 1.29 is 9.59 Å². The average Bonchev–Trinajstić information content (AvgIpc) is 3.45. The molecule has 0 aliphatic heterocycles. The molecule has 0 radical (unpaired) electrons. The Balaban J connectivity index is 1.14. The van der Waals surface area contributed by atoms with Gasteiger partial charge in [-0.15, -0.1) is 11.3 Å². The molecule has 162 valence electrons. The monoisotopic (exact) mass is 462 g/mol. The lowest BCUT2D eigenvalue weighted by molar-refractivity contribution is 0.0849. The number of rotatable bonds is 5. The molecule has 3 N–H and O–H groups in total. The van der Waals surface area contributed by atoms with Crippen LogP contribution in [0.15, 0.2) is 59.8 Å². The molecule has 2 amide bonds. The van der Waals surface area contributed by atoms with Crippen LogP contribution in [0.5, 0.6) is 0 Å². The normalized spacial score (nSPS) is 13.0. The molecule has 0 spiro atoms. The standard InChI is InChI=1S/C24H22N4O2S2/c29-22(27-28-23(30)21-13-17-5-1-4-8-20(17)32-21)16-11-9-15(10-12-16)14-31-24-25-18-6-2-3-7-19(18)26-24/h2-3,6-7,9-13H,1,4-5,8,14H2,(H,25,26)(H,27,29)(H,28,30). The van der Waals surface area contributed by atoms with E-state index in [1.807, 2.05) is 42.5 Å². The number of hydrogen-bond donors (Lipinski definition) is 3. The van der Waals surface area contributed by atoms with Gasteiger partial charge in [0.25, 0.3) is 11.8 Å². The highest BCUT2D eigenvalue weighted by atomic mass is 32.2. The Morgan fingerprint density at radius 1 is 1.00 bits per heavy atom. The number of H-pyrrole nitrogens is 1. The van der Waals surface area contributed by atoms with Gasteiger partial charge >= 0.3 is 0 Å². The van der Waals surface area contributed by atoms with Crippen molar-refractivity contribution in [1.29, 1.82) is 0 Å². The Morgan fingerprint density at radius 2 is 1.78 bits per heavy atom. The number of aromatic amines is 1. The lowest BCUT2D eigenvalue weighted by Gasteiger charge is -2.08. The number of thiophene rings is 1. The summed E-state index contributed by atoms with van der Waals surface area (Å²) in [5.41, 5.74) is 9.87. The van der Waals surface area contributed by atoms with E-state index in [0.29, 0.717) is 10.4 Å². The first kappa shape index (κ1) is 20.8. The molecule has 6 nitrogen and oxygen atoms in total. The molecular weight excluding hydrogens is 440 g/mol.